The summed E-state index contributed by atoms with van der Waals surface area (Å²) in [7, 11) is 0. The summed E-state index contributed by atoms with van der Waals surface area (Å²) in [4.78, 5) is 157. The second-order valence-electron chi connectivity index (χ2n) is 23.1. The van der Waals surface area contributed by atoms with E-state index in [9.17, 15) is 78.0 Å². The van der Waals surface area contributed by atoms with E-state index in [0.29, 0.717) is 69.3 Å². The quantitative estimate of drug-likeness (QED) is 0.0419. The number of unbranched alkanes of at least 4 members (excludes halogenated alkanes) is 6. The Morgan fingerprint density at radius 1 is 0.407 bits per heavy atom. The van der Waals surface area contributed by atoms with Gasteiger partial charge in [0.1, 0.15) is 6.04 Å². The molecule has 91 heavy (non-hydrogen) atoms. The van der Waals surface area contributed by atoms with E-state index >= 15 is 0 Å². The number of hydrogen-bond donors (Lipinski definition) is 12. The average Bonchev–Trinajstić information content (AvgIpc) is 3.38. The molecule has 0 saturated carbocycles. The number of amides is 7. The highest BCUT2D eigenvalue weighted by atomic mass is 16.4. The molecule has 28 nitrogen and oxygen atoms in total. The van der Waals surface area contributed by atoms with Crippen molar-refractivity contribution in [3.8, 4) is 0 Å². The fourth-order valence-electron chi connectivity index (χ4n) is 10.2. The third-order valence-corrected chi connectivity index (χ3v) is 15.2. The van der Waals surface area contributed by atoms with E-state index in [4.69, 9.17) is 5.11 Å². The molecule has 1 aliphatic rings. The molecular formula is C63H97N11O17. The van der Waals surface area contributed by atoms with Crippen LogP contribution < -0.4 is 37.2 Å². The van der Waals surface area contributed by atoms with Gasteiger partial charge in [0.2, 0.25) is 29.5 Å². The minimum absolute atomic E-state index is 0.0220. The third-order valence-electron chi connectivity index (χ3n) is 15.2. The number of hydrogen-bond acceptors (Lipinski definition) is 16. The first kappa shape index (κ1) is 77.2. The van der Waals surface area contributed by atoms with Crippen molar-refractivity contribution in [2.75, 3.05) is 105 Å². The molecule has 0 bridgehead atoms. The maximum Gasteiger partial charge on any atom is 0.326 e. The van der Waals surface area contributed by atoms with E-state index in [1.165, 1.54) is 0 Å². The van der Waals surface area contributed by atoms with Gasteiger partial charge in [0.15, 0.2) is 5.78 Å². The van der Waals surface area contributed by atoms with Crippen molar-refractivity contribution in [3.63, 3.8) is 0 Å². The Kier molecular flexibility index (Phi) is 38.3. The summed E-state index contributed by atoms with van der Waals surface area (Å²) in [5.41, 5.74) is 1.43. The largest absolute Gasteiger partial charge is 0.481 e. The van der Waals surface area contributed by atoms with Gasteiger partial charge >= 0.3 is 35.9 Å². The van der Waals surface area contributed by atoms with Crippen LogP contribution in [-0.4, -0.2) is 239 Å². The Morgan fingerprint density at radius 3 is 1.32 bits per heavy atom. The first-order valence-electron chi connectivity index (χ1n) is 31.6. The molecule has 3 unspecified atom stereocenters. The Hall–Kier alpha value is -8.08. The van der Waals surface area contributed by atoms with Crippen LogP contribution >= 0.6 is 0 Å². The normalized spacial score (nSPS) is 15.0. The third kappa shape index (κ3) is 37.6. The number of carbonyl (C=O) groups excluding carboxylic acids is 7. The molecule has 2 aromatic rings. The van der Waals surface area contributed by atoms with Crippen molar-refractivity contribution >= 4 is 71.2 Å². The van der Waals surface area contributed by atoms with Crippen LogP contribution in [0.2, 0.25) is 0 Å². The number of carboxylic acids is 5. The lowest BCUT2D eigenvalue weighted by Crippen LogP contribution is -2.50. The highest BCUT2D eigenvalue weighted by molar-refractivity contribution is 5.94. The Morgan fingerprint density at radius 2 is 0.846 bits per heavy atom. The molecule has 0 aromatic heterocycles. The molecular weight excluding hydrogens is 1180 g/mol. The van der Waals surface area contributed by atoms with Gasteiger partial charge in [-0.3, -0.25) is 67.5 Å². The zero-order valence-electron chi connectivity index (χ0n) is 52.5. The van der Waals surface area contributed by atoms with Crippen LogP contribution in [0.25, 0.3) is 0 Å². The van der Waals surface area contributed by atoms with E-state index in [1.807, 2.05) is 0 Å². The van der Waals surface area contributed by atoms with Gasteiger partial charge in [0.05, 0.1) is 32.2 Å². The minimum atomic E-state index is -1.30. The van der Waals surface area contributed by atoms with Crippen molar-refractivity contribution < 1.29 is 83.1 Å². The lowest BCUT2D eigenvalue weighted by Gasteiger charge is -2.32. The number of urea groups is 1. The molecule has 3 rings (SSSR count). The van der Waals surface area contributed by atoms with Crippen LogP contribution in [0.4, 0.5) is 4.79 Å². The summed E-state index contributed by atoms with van der Waals surface area (Å²) in [6.07, 6.45) is 6.47. The van der Waals surface area contributed by atoms with E-state index in [0.717, 1.165) is 32.1 Å². The number of Topliss-reactive ketones (excluding diaryl/α,β-unsaturated/α-hetero) is 1. The maximum absolute atomic E-state index is 14.4. The molecule has 12 N–H and O–H groups in total. The number of rotatable bonds is 44. The lowest BCUT2D eigenvalue weighted by molar-refractivity contribution is -0.143. The van der Waals surface area contributed by atoms with Crippen molar-refractivity contribution in [1.82, 2.24) is 56.8 Å². The van der Waals surface area contributed by atoms with Crippen LogP contribution in [-0.2, 0) is 65.6 Å². The van der Waals surface area contributed by atoms with Crippen molar-refractivity contribution in [2.45, 2.75) is 141 Å². The first-order valence-corrected chi connectivity index (χ1v) is 31.6. The molecule has 1 aliphatic heterocycles. The number of ketones is 1. The molecule has 4 atom stereocenters. The highest BCUT2D eigenvalue weighted by Gasteiger charge is 2.31. The Balaban J connectivity index is 1.48. The second kappa shape index (κ2) is 45.2. The number of nitrogens with one attached hydrogen (secondary N) is 7. The molecule has 0 spiro atoms. The predicted molar refractivity (Wildman–Crippen MR) is 335 cm³/mol. The summed E-state index contributed by atoms with van der Waals surface area (Å²) >= 11 is 0. The average molecular weight is 1280 g/mol. The number of nitrogens with zero attached hydrogens (tertiary/aromatic N) is 4. The van der Waals surface area contributed by atoms with Crippen LogP contribution in [0.1, 0.15) is 121 Å². The lowest BCUT2D eigenvalue weighted by atomic mass is 9.89. The molecule has 7 amide bonds. The van der Waals surface area contributed by atoms with Crippen LogP contribution in [0, 0.1) is 5.92 Å². The topological polar surface area (TPSA) is 403 Å². The van der Waals surface area contributed by atoms with Crippen molar-refractivity contribution in [1.29, 1.82) is 0 Å². The van der Waals surface area contributed by atoms with E-state index in [2.05, 4.69) is 37.2 Å². The molecule has 506 valence electrons. The number of benzene rings is 2. The number of aliphatic carboxylic acids is 5. The summed E-state index contributed by atoms with van der Waals surface area (Å²) < 4.78 is 0. The van der Waals surface area contributed by atoms with Gasteiger partial charge in [-0.2, -0.15) is 0 Å². The molecule has 28 heteroatoms. The minimum Gasteiger partial charge on any atom is -0.481 e. The summed E-state index contributed by atoms with van der Waals surface area (Å²) in [5, 5.41) is 66.9. The molecule has 1 saturated heterocycles. The van der Waals surface area contributed by atoms with Gasteiger partial charge in [-0.05, 0) is 88.7 Å². The van der Waals surface area contributed by atoms with Crippen molar-refractivity contribution in [2.24, 2.45) is 5.92 Å². The van der Waals surface area contributed by atoms with E-state index in [1.54, 1.807) is 87.2 Å². The number of carbonyl (C=O) groups is 12. The van der Waals surface area contributed by atoms with Gasteiger partial charge in [-0.15, -0.1) is 0 Å². The molecule has 1 fully saturated rings. The Bertz CT molecular complexity index is 2570. The molecule has 0 radical (unpaired) electrons. The van der Waals surface area contributed by atoms with Crippen LogP contribution in [0.15, 0.2) is 60.7 Å². The van der Waals surface area contributed by atoms with Gasteiger partial charge in [-0.25, -0.2) is 9.59 Å². The highest BCUT2D eigenvalue weighted by Crippen LogP contribution is 2.18. The van der Waals surface area contributed by atoms with Crippen LogP contribution in [0.3, 0.4) is 0 Å². The van der Waals surface area contributed by atoms with Gasteiger partial charge < -0.3 is 62.8 Å². The Labute approximate surface area is 532 Å². The SMILES string of the molecule is C[C@H](CCC(=O)O)NC(=O)NCCCCCNC(=O)CCCCCCC(=O)NCCCCC(NC(=O)C(CC(=O)C(Cc1ccccc1)NC(=O)CCNC(=O)CN1CCN(CC(=O)O)CCN(CC(=O)O)CCN(CC(=O)O)CC1)Cc1ccccc1)C(=O)O. The molecule has 0 aliphatic carbocycles. The maximum atomic E-state index is 14.4. The smallest absolute Gasteiger partial charge is 0.326 e. The molecule has 1 heterocycles. The first-order chi connectivity index (χ1) is 43.5. The van der Waals surface area contributed by atoms with Crippen LogP contribution in [0.5, 0.6) is 0 Å². The van der Waals surface area contributed by atoms with Gasteiger partial charge in [0, 0.05) is 123 Å². The summed E-state index contributed by atoms with van der Waals surface area (Å²) in [6, 6.07) is 14.8. The fraction of sp³-hybridized carbons (Fsp3) is 0.619. The zero-order chi connectivity index (χ0) is 66.8. The molecule has 2 aromatic carbocycles. The second-order valence-corrected chi connectivity index (χ2v) is 23.1. The monoisotopic (exact) mass is 1280 g/mol. The summed E-state index contributed by atoms with van der Waals surface area (Å²) in [5.74, 6) is -8.89. The van der Waals surface area contributed by atoms with E-state index in [-0.39, 0.29) is 154 Å². The number of carboxylic acid groups (broad SMARTS) is 5. The predicted octanol–water partition coefficient (Wildman–Crippen LogP) is 1.55. The zero-order valence-corrected chi connectivity index (χ0v) is 52.5. The van der Waals surface area contributed by atoms with Gasteiger partial charge in [0.25, 0.3) is 0 Å². The summed E-state index contributed by atoms with van der Waals surface area (Å²) in [6.45, 7) is 3.38. The van der Waals surface area contributed by atoms with Crippen molar-refractivity contribution in [3.05, 3.63) is 71.8 Å². The van der Waals surface area contributed by atoms with E-state index < -0.39 is 71.4 Å². The fourth-order valence-corrected chi connectivity index (χ4v) is 10.2. The standard InChI is InChI=1S/C63H97N11O17/c1-46(24-25-57(80)81)68-63(91)67-29-15-6-14-27-64-53(76)22-11-2-3-12-23-54(77)65-28-16-13-21-50(62(89)90)70-61(88)49(39-47-17-7-4-8-18-47)41-52(75)51(40-48-19-9-5-10-20-48)69-55(78)26-30-66-56(79)42-71-31-33-72(43-58(82)83)35-37-74(45-60(86)87)38-36-73(34-32-71)44-59(84)85/h4-5,7-10,17-20,46,49-51H,2-3,6,11-16,21-45H2,1H3,(H,64,76)(H,65,77)(H,66,79)(H,69,78)(H,70,88)(H,80,81)(H,82,83)(H,84,85)(H,86,87)(H,89,90)(H2,67,68,91)/t46-,49?,50?,51?/m1/s1. The van der Waals surface area contributed by atoms with Gasteiger partial charge in [-0.1, -0.05) is 73.5 Å².